The second-order valence-electron chi connectivity index (χ2n) is 4.81. The molecule has 1 aliphatic heterocycles. The van der Waals surface area contributed by atoms with Crippen molar-refractivity contribution < 1.29 is 4.74 Å². The highest BCUT2D eigenvalue weighted by Crippen LogP contribution is 2.33. The summed E-state index contributed by atoms with van der Waals surface area (Å²) in [6.45, 7) is 5.58. The summed E-state index contributed by atoms with van der Waals surface area (Å²) in [5.41, 5.74) is 2.72. The molecule has 0 radical (unpaired) electrons. The van der Waals surface area contributed by atoms with Gasteiger partial charge >= 0.3 is 0 Å². The first-order valence-electron chi connectivity index (χ1n) is 6.13. The fourth-order valence-corrected chi connectivity index (χ4v) is 2.33. The molecule has 0 saturated carbocycles. The molecular formula is C14H22ClNO. The van der Waals surface area contributed by atoms with Crippen molar-refractivity contribution in [2.75, 3.05) is 13.7 Å². The number of halogens is 1. The van der Waals surface area contributed by atoms with Crippen molar-refractivity contribution in [3.05, 3.63) is 29.3 Å². The number of nitrogens with one attached hydrogen (secondary N) is 1. The second-order valence-corrected chi connectivity index (χ2v) is 4.81. The van der Waals surface area contributed by atoms with E-state index in [1.165, 1.54) is 24.0 Å². The van der Waals surface area contributed by atoms with Crippen LogP contribution in [-0.4, -0.2) is 13.7 Å². The van der Waals surface area contributed by atoms with Crippen molar-refractivity contribution in [3.8, 4) is 5.75 Å². The third-order valence-corrected chi connectivity index (χ3v) is 3.36. The molecular weight excluding hydrogens is 234 g/mol. The first-order chi connectivity index (χ1) is 7.72. The van der Waals surface area contributed by atoms with Gasteiger partial charge in [0.05, 0.1) is 7.11 Å². The average molecular weight is 256 g/mol. The van der Waals surface area contributed by atoms with Gasteiger partial charge in [0.1, 0.15) is 5.75 Å². The van der Waals surface area contributed by atoms with Gasteiger partial charge in [-0.2, -0.15) is 0 Å². The minimum atomic E-state index is 0. The SMILES string of the molecule is COc1ccc(C(C)C)cc1[C@@H]1CCCN1.Cl. The van der Waals surface area contributed by atoms with Crippen LogP contribution < -0.4 is 10.1 Å². The van der Waals surface area contributed by atoms with Crippen molar-refractivity contribution in [3.63, 3.8) is 0 Å². The lowest BCUT2D eigenvalue weighted by molar-refractivity contribution is 0.403. The van der Waals surface area contributed by atoms with E-state index in [1.54, 1.807) is 7.11 Å². The van der Waals surface area contributed by atoms with E-state index < -0.39 is 0 Å². The van der Waals surface area contributed by atoms with E-state index in [2.05, 4.69) is 37.4 Å². The summed E-state index contributed by atoms with van der Waals surface area (Å²) in [5.74, 6) is 1.59. The van der Waals surface area contributed by atoms with Crippen molar-refractivity contribution in [1.82, 2.24) is 5.32 Å². The third-order valence-electron chi connectivity index (χ3n) is 3.36. The number of rotatable bonds is 3. The van der Waals surface area contributed by atoms with Crippen LogP contribution in [0, 0.1) is 0 Å². The Kier molecular flexibility index (Phi) is 5.29. The van der Waals surface area contributed by atoms with E-state index in [0.717, 1.165) is 12.3 Å². The lowest BCUT2D eigenvalue weighted by Gasteiger charge is -2.17. The zero-order valence-electron chi connectivity index (χ0n) is 10.8. The van der Waals surface area contributed by atoms with Gasteiger partial charge < -0.3 is 10.1 Å². The Balaban J connectivity index is 0.00000144. The molecule has 1 aliphatic rings. The van der Waals surface area contributed by atoms with Gasteiger partial charge in [-0.25, -0.2) is 0 Å². The Bertz CT molecular complexity index is 359. The van der Waals surface area contributed by atoms with Crippen molar-refractivity contribution in [2.45, 2.75) is 38.6 Å². The Morgan fingerprint density at radius 1 is 1.35 bits per heavy atom. The average Bonchev–Trinajstić information content (AvgIpc) is 2.81. The first-order valence-corrected chi connectivity index (χ1v) is 6.13. The zero-order chi connectivity index (χ0) is 11.5. The maximum Gasteiger partial charge on any atom is 0.123 e. The molecule has 0 aromatic heterocycles. The summed E-state index contributed by atoms with van der Waals surface area (Å²) in [6, 6.07) is 7.05. The maximum absolute atomic E-state index is 5.45. The molecule has 0 spiro atoms. The Morgan fingerprint density at radius 2 is 2.12 bits per heavy atom. The van der Waals surface area contributed by atoms with E-state index in [9.17, 15) is 0 Å². The van der Waals surface area contributed by atoms with Crippen LogP contribution in [0.4, 0.5) is 0 Å². The van der Waals surface area contributed by atoms with E-state index in [0.29, 0.717) is 12.0 Å². The van der Waals surface area contributed by atoms with E-state index in [-0.39, 0.29) is 12.4 Å². The number of ether oxygens (including phenoxy) is 1. The molecule has 0 bridgehead atoms. The van der Waals surface area contributed by atoms with Crippen molar-refractivity contribution in [2.24, 2.45) is 0 Å². The Labute approximate surface area is 110 Å². The minimum absolute atomic E-state index is 0. The van der Waals surface area contributed by atoms with Gasteiger partial charge in [-0.15, -0.1) is 12.4 Å². The van der Waals surface area contributed by atoms with Crippen LogP contribution in [0.5, 0.6) is 5.75 Å². The van der Waals surface area contributed by atoms with Crippen LogP contribution in [0.3, 0.4) is 0 Å². The molecule has 2 rings (SSSR count). The highest BCUT2D eigenvalue weighted by molar-refractivity contribution is 5.85. The van der Waals surface area contributed by atoms with Gasteiger partial charge in [-0.3, -0.25) is 0 Å². The topological polar surface area (TPSA) is 21.3 Å². The number of hydrogen-bond donors (Lipinski definition) is 1. The second kappa shape index (κ2) is 6.27. The van der Waals surface area contributed by atoms with Gasteiger partial charge in [0.25, 0.3) is 0 Å². The normalized spacial score (nSPS) is 19.2. The van der Waals surface area contributed by atoms with E-state index >= 15 is 0 Å². The van der Waals surface area contributed by atoms with Crippen molar-refractivity contribution >= 4 is 12.4 Å². The molecule has 3 heteroatoms. The molecule has 1 aromatic carbocycles. The highest BCUT2D eigenvalue weighted by Gasteiger charge is 2.20. The summed E-state index contributed by atoms with van der Waals surface area (Å²) in [4.78, 5) is 0. The van der Waals surface area contributed by atoms with Crippen LogP contribution in [0.2, 0.25) is 0 Å². The molecule has 1 saturated heterocycles. The van der Waals surface area contributed by atoms with Crippen LogP contribution in [0.15, 0.2) is 18.2 Å². The molecule has 0 unspecified atom stereocenters. The third kappa shape index (κ3) is 3.14. The molecule has 0 amide bonds. The largest absolute Gasteiger partial charge is 0.496 e. The van der Waals surface area contributed by atoms with E-state index in [4.69, 9.17) is 4.74 Å². The fraction of sp³-hybridized carbons (Fsp3) is 0.571. The summed E-state index contributed by atoms with van der Waals surface area (Å²) >= 11 is 0. The summed E-state index contributed by atoms with van der Waals surface area (Å²) in [6.07, 6.45) is 2.48. The zero-order valence-corrected chi connectivity index (χ0v) is 11.6. The molecule has 0 aliphatic carbocycles. The van der Waals surface area contributed by atoms with Crippen molar-refractivity contribution in [1.29, 1.82) is 0 Å². The lowest BCUT2D eigenvalue weighted by Crippen LogP contribution is -2.14. The number of benzene rings is 1. The van der Waals surface area contributed by atoms with Gasteiger partial charge in [0.2, 0.25) is 0 Å². The minimum Gasteiger partial charge on any atom is -0.496 e. The lowest BCUT2D eigenvalue weighted by atomic mass is 9.96. The molecule has 1 heterocycles. The first kappa shape index (κ1) is 14.3. The van der Waals surface area contributed by atoms with Gasteiger partial charge in [0.15, 0.2) is 0 Å². The van der Waals surface area contributed by atoms with Crippen LogP contribution in [-0.2, 0) is 0 Å². The maximum atomic E-state index is 5.45. The Hall–Kier alpha value is -0.730. The molecule has 96 valence electrons. The van der Waals surface area contributed by atoms with E-state index in [1.807, 2.05) is 0 Å². The molecule has 1 aromatic rings. The molecule has 17 heavy (non-hydrogen) atoms. The predicted octanol–water partition coefficient (Wildman–Crippen LogP) is 3.66. The summed E-state index contributed by atoms with van der Waals surface area (Å²) < 4.78 is 5.45. The predicted molar refractivity (Wildman–Crippen MR) is 74.3 cm³/mol. The van der Waals surface area contributed by atoms with Crippen LogP contribution in [0.25, 0.3) is 0 Å². The highest BCUT2D eigenvalue weighted by atomic mass is 35.5. The Morgan fingerprint density at radius 3 is 2.65 bits per heavy atom. The van der Waals surface area contributed by atoms with Gasteiger partial charge in [-0.1, -0.05) is 26.0 Å². The summed E-state index contributed by atoms with van der Waals surface area (Å²) in [7, 11) is 1.75. The quantitative estimate of drug-likeness (QED) is 0.890. The molecule has 2 nitrogen and oxygen atoms in total. The van der Waals surface area contributed by atoms with Crippen LogP contribution in [0.1, 0.15) is 49.8 Å². The van der Waals surface area contributed by atoms with Gasteiger partial charge in [0, 0.05) is 11.6 Å². The number of methoxy groups -OCH3 is 1. The van der Waals surface area contributed by atoms with Crippen LogP contribution >= 0.6 is 12.4 Å². The molecule has 1 fully saturated rings. The molecule has 1 atom stereocenters. The number of hydrogen-bond acceptors (Lipinski definition) is 2. The smallest absolute Gasteiger partial charge is 0.123 e. The molecule has 1 N–H and O–H groups in total. The standard InChI is InChI=1S/C14H21NO.ClH/c1-10(2)11-6-7-14(16-3)12(9-11)13-5-4-8-15-13;/h6-7,9-10,13,15H,4-5,8H2,1-3H3;1H/t13-;/m0./s1. The van der Waals surface area contributed by atoms with Gasteiger partial charge in [-0.05, 0) is 36.9 Å². The summed E-state index contributed by atoms with van der Waals surface area (Å²) in [5, 5.41) is 3.53. The fourth-order valence-electron chi connectivity index (χ4n) is 2.33. The monoisotopic (exact) mass is 255 g/mol.